The Morgan fingerprint density at radius 2 is 1.95 bits per heavy atom. The molecule has 2 aromatic carbocycles. The topological polar surface area (TPSA) is 60.2 Å². The minimum atomic E-state index is 0.703. The Hall–Kier alpha value is -2.80. The van der Waals surface area contributed by atoms with Gasteiger partial charge in [0.15, 0.2) is 5.96 Å². The van der Waals surface area contributed by atoms with Crippen LogP contribution < -0.4 is 10.6 Å². The molecule has 2 N–H and O–H groups in total. The van der Waals surface area contributed by atoms with Gasteiger partial charge in [-0.05, 0) is 29.2 Å². The van der Waals surface area contributed by atoms with Crippen LogP contribution >= 0.6 is 0 Å². The van der Waals surface area contributed by atoms with Crippen LogP contribution in [-0.4, -0.2) is 19.0 Å². The molecule has 0 atom stereocenters. The summed E-state index contributed by atoms with van der Waals surface area (Å²) < 4.78 is 0. The summed E-state index contributed by atoms with van der Waals surface area (Å²) in [5.74, 6) is 0.880. The van der Waals surface area contributed by atoms with Crippen LogP contribution in [0, 0.1) is 11.3 Å². The molecule has 1 aliphatic heterocycles. The van der Waals surface area contributed by atoms with E-state index < -0.39 is 0 Å². The largest absolute Gasteiger partial charge is 0.356 e. The Labute approximate surface area is 130 Å². The first-order chi connectivity index (χ1) is 10.9. The van der Waals surface area contributed by atoms with Crippen LogP contribution in [0.3, 0.4) is 0 Å². The molecule has 1 aliphatic rings. The van der Waals surface area contributed by atoms with Crippen molar-refractivity contribution in [1.29, 1.82) is 5.26 Å². The number of nitrogens with one attached hydrogen (secondary N) is 2. The van der Waals surface area contributed by atoms with Crippen molar-refractivity contribution in [2.75, 3.05) is 13.1 Å². The zero-order valence-electron chi connectivity index (χ0n) is 12.3. The summed E-state index contributed by atoms with van der Waals surface area (Å²) in [6, 6.07) is 18.2. The first-order valence-corrected chi connectivity index (χ1v) is 7.47. The van der Waals surface area contributed by atoms with Crippen molar-refractivity contribution in [2.45, 2.75) is 13.0 Å². The summed E-state index contributed by atoms with van der Waals surface area (Å²) in [6.45, 7) is 2.61. The van der Waals surface area contributed by atoms with E-state index in [9.17, 15) is 5.26 Å². The highest BCUT2D eigenvalue weighted by molar-refractivity contribution is 5.80. The summed E-state index contributed by atoms with van der Waals surface area (Å²) >= 11 is 0. The van der Waals surface area contributed by atoms with E-state index in [0.717, 1.165) is 43.1 Å². The fraction of sp³-hybridized carbons (Fsp3) is 0.222. The first kappa shape index (κ1) is 14.2. The molecular formula is C18H18N4. The standard InChI is InChI=1S/C18H18N4/c19-12-16-4-1-2-5-17(16)15-8-6-14(7-9-15)13-22-18-20-10-3-11-21-18/h1-2,4-9H,3,10-11,13H2,(H2,20,21,22). The van der Waals surface area contributed by atoms with Gasteiger partial charge in [0.2, 0.25) is 0 Å². The molecule has 0 saturated carbocycles. The number of rotatable bonds is 3. The van der Waals surface area contributed by atoms with Crippen LogP contribution in [0.4, 0.5) is 0 Å². The van der Waals surface area contributed by atoms with Crippen LogP contribution in [0.25, 0.3) is 11.1 Å². The maximum Gasteiger partial charge on any atom is 0.191 e. The molecule has 0 aliphatic carbocycles. The molecule has 2 aromatic rings. The second kappa shape index (κ2) is 6.77. The molecule has 0 saturated heterocycles. The lowest BCUT2D eigenvalue weighted by Gasteiger charge is -2.16. The molecule has 0 fully saturated rings. The molecule has 22 heavy (non-hydrogen) atoms. The third kappa shape index (κ3) is 3.26. The van der Waals surface area contributed by atoms with E-state index in [1.54, 1.807) is 0 Å². The fourth-order valence-electron chi connectivity index (χ4n) is 2.47. The number of nitrogens with zero attached hydrogens (tertiary/aromatic N) is 2. The monoisotopic (exact) mass is 290 g/mol. The zero-order chi connectivity index (χ0) is 15.2. The lowest BCUT2D eigenvalue weighted by molar-refractivity contribution is 0.702. The van der Waals surface area contributed by atoms with E-state index in [2.05, 4.69) is 46.0 Å². The average Bonchev–Trinajstić information content (AvgIpc) is 2.61. The first-order valence-electron chi connectivity index (χ1n) is 7.47. The second-order valence-electron chi connectivity index (χ2n) is 5.22. The van der Waals surface area contributed by atoms with Gasteiger partial charge in [-0.3, -0.25) is 4.99 Å². The van der Waals surface area contributed by atoms with E-state index in [1.807, 2.05) is 24.3 Å². The van der Waals surface area contributed by atoms with Gasteiger partial charge in [0.1, 0.15) is 0 Å². The van der Waals surface area contributed by atoms with Crippen molar-refractivity contribution >= 4 is 5.96 Å². The molecule has 0 unspecified atom stereocenters. The number of hydrogen-bond donors (Lipinski definition) is 2. The molecule has 0 spiro atoms. The molecule has 3 rings (SSSR count). The minimum Gasteiger partial charge on any atom is -0.356 e. The van der Waals surface area contributed by atoms with Crippen LogP contribution in [-0.2, 0) is 6.54 Å². The number of aliphatic imine (C=N–C) groups is 1. The van der Waals surface area contributed by atoms with Crippen molar-refractivity contribution in [1.82, 2.24) is 10.6 Å². The minimum absolute atomic E-state index is 0.703. The second-order valence-corrected chi connectivity index (χ2v) is 5.22. The van der Waals surface area contributed by atoms with E-state index in [4.69, 9.17) is 0 Å². The predicted octanol–water partition coefficient (Wildman–Crippen LogP) is 2.66. The van der Waals surface area contributed by atoms with Crippen molar-refractivity contribution < 1.29 is 0 Å². The molecule has 0 amide bonds. The summed E-state index contributed by atoms with van der Waals surface area (Å²) in [4.78, 5) is 4.39. The fourth-order valence-corrected chi connectivity index (χ4v) is 2.47. The van der Waals surface area contributed by atoms with Crippen LogP contribution in [0.5, 0.6) is 0 Å². The van der Waals surface area contributed by atoms with Gasteiger partial charge in [-0.25, -0.2) is 0 Å². The molecule has 110 valence electrons. The van der Waals surface area contributed by atoms with Crippen molar-refractivity contribution in [3.8, 4) is 17.2 Å². The molecule has 0 radical (unpaired) electrons. The van der Waals surface area contributed by atoms with Gasteiger partial charge < -0.3 is 10.6 Å². The van der Waals surface area contributed by atoms with E-state index in [0.29, 0.717) is 5.56 Å². The van der Waals surface area contributed by atoms with Gasteiger partial charge in [-0.2, -0.15) is 5.26 Å². The highest BCUT2D eigenvalue weighted by Gasteiger charge is 2.05. The highest BCUT2D eigenvalue weighted by Crippen LogP contribution is 2.23. The van der Waals surface area contributed by atoms with Crippen molar-refractivity contribution in [3.05, 3.63) is 59.7 Å². The Kier molecular flexibility index (Phi) is 4.35. The third-order valence-corrected chi connectivity index (χ3v) is 3.67. The highest BCUT2D eigenvalue weighted by atomic mass is 15.2. The van der Waals surface area contributed by atoms with Gasteiger partial charge in [-0.1, -0.05) is 42.5 Å². The Morgan fingerprint density at radius 3 is 2.68 bits per heavy atom. The van der Waals surface area contributed by atoms with E-state index >= 15 is 0 Å². The van der Waals surface area contributed by atoms with Gasteiger partial charge in [0.25, 0.3) is 0 Å². The molecule has 4 heteroatoms. The predicted molar refractivity (Wildman–Crippen MR) is 88.4 cm³/mol. The number of hydrogen-bond acceptors (Lipinski definition) is 4. The lowest BCUT2D eigenvalue weighted by Crippen LogP contribution is -2.40. The summed E-state index contributed by atoms with van der Waals surface area (Å²) in [6.07, 6.45) is 1.10. The summed E-state index contributed by atoms with van der Waals surface area (Å²) in [7, 11) is 0. The normalized spacial score (nSPS) is 13.7. The maximum absolute atomic E-state index is 9.18. The lowest BCUT2D eigenvalue weighted by atomic mass is 9.99. The summed E-state index contributed by atoms with van der Waals surface area (Å²) in [5, 5.41) is 15.7. The third-order valence-electron chi connectivity index (χ3n) is 3.67. The maximum atomic E-state index is 9.18. The van der Waals surface area contributed by atoms with E-state index in [1.165, 1.54) is 5.56 Å². The van der Waals surface area contributed by atoms with E-state index in [-0.39, 0.29) is 0 Å². The summed E-state index contributed by atoms with van der Waals surface area (Å²) in [5.41, 5.74) is 3.93. The number of nitriles is 1. The number of benzene rings is 2. The Bertz CT molecular complexity index is 711. The van der Waals surface area contributed by atoms with Gasteiger partial charge in [0, 0.05) is 19.6 Å². The van der Waals surface area contributed by atoms with Gasteiger partial charge in [-0.15, -0.1) is 0 Å². The average molecular weight is 290 g/mol. The molecule has 0 aromatic heterocycles. The Morgan fingerprint density at radius 1 is 1.14 bits per heavy atom. The zero-order valence-corrected chi connectivity index (χ0v) is 12.3. The Balaban J connectivity index is 1.70. The smallest absolute Gasteiger partial charge is 0.191 e. The van der Waals surface area contributed by atoms with Gasteiger partial charge in [0.05, 0.1) is 11.6 Å². The molecule has 4 nitrogen and oxygen atoms in total. The number of guanidine groups is 1. The van der Waals surface area contributed by atoms with Crippen LogP contribution in [0.2, 0.25) is 0 Å². The molecule has 1 heterocycles. The molecule has 0 bridgehead atoms. The van der Waals surface area contributed by atoms with Crippen molar-refractivity contribution in [2.24, 2.45) is 4.99 Å². The molecular weight excluding hydrogens is 272 g/mol. The quantitative estimate of drug-likeness (QED) is 0.913. The van der Waals surface area contributed by atoms with Gasteiger partial charge >= 0.3 is 0 Å². The van der Waals surface area contributed by atoms with Crippen LogP contribution in [0.15, 0.2) is 53.5 Å². The SMILES string of the molecule is N#Cc1ccccc1-c1ccc(CNC2=NCCCN2)cc1. The van der Waals surface area contributed by atoms with Crippen molar-refractivity contribution in [3.63, 3.8) is 0 Å². The van der Waals surface area contributed by atoms with Crippen LogP contribution in [0.1, 0.15) is 17.5 Å².